The standard InChI is InChI=1S/C10H11BrF2N2.C6H6BrNO.C4H7F2N.C4H9I.CH4/c11-9-3-8(4-14-5-9)6-15-2-1-10(12,13)7-15;1-9-6-2-5(7)3-8-4-6;5-4(6)1-2-7-3-4;1-3-4(2)5;/h3-5H,1-2,6-7H2;2-4H,1H3;7H,1-3H2;4H,3H2,1-2H3;1H4/p+1. The fourth-order valence-electron chi connectivity index (χ4n) is 2.97. The summed E-state index contributed by atoms with van der Waals surface area (Å²) < 4.78 is 57.2. The number of methoxy groups -OCH3 is 1. The summed E-state index contributed by atoms with van der Waals surface area (Å²) in [5.41, 5.74) is 0.960. The number of halogens is 7. The zero-order chi connectivity index (χ0) is 27.2. The molecule has 5 nitrogen and oxygen atoms in total. The van der Waals surface area contributed by atoms with Crippen molar-refractivity contribution in [1.29, 1.82) is 0 Å². The number of nitrogens with zero attached hydrogens (tertiary/aromatic N) is 3. The average molecular weight is 773 g/mol. The number of nitrogens with two attached hydrogens (primary N) is 1. The monoisotopic (exact) mass is 771 g/mol. The molecule has 0 spiro atoms. The van der Waals surface area contributed by atoms with Gasteiger partial charge < -0.3 is 10.1 Å². The van der Waals surface area contributed by atoms with Gasteiger partial charge in [0.25, 0.3) is 5.92 Å². The molecule has 0 radical (unpaired) electrons. The van der Waals surface area contributed by atoms with E-state index in [-0.39, 0.29) is 33.4 Å². The number of hydrogen-bond donors (Lipinski definition) is 1. The first-order chi connectivity index (χ1) is 16.9. The fourth-order valence-corrected chi connectivity index (χ4v) is 3.73. The molecule has 2 aliphatic rings. The molecule has 1 unspecified atom stereocenters. The SMILES string of the molecule is C.CCC(C)I.COc1cncc(Br)c1.FC1(F)CCN(Cc2cncc(Br)c2)C1.FC1(F)CC[NH2+]C1. The van der Waals surface area contributed by atoms with Gasteiger partial charge in [0.2, 0.25) is 0 Å². The van der Waals surface area contributed by atoms with Crippen molar-refractivity contribution in [3.05, 3.63) is 51.4 Å². The summed E-state index contributed by atoms with van der Waals surface area (Å²) in [6, 6.07) is 3.76. The van der Waals surface area contributed by atoms with Crippen molar-refractivity contribution in [3.63, 3.8) is 0 Å². The third-order valence-corrected chi connectivity index (χ3v) is 6.80. The molecular weight excluding hydrogens is 735 g/mol. The Morgan fingerprint density at radius 1 is 1.05 bits per heavy atom. The van der Waals surface area contributed by atoms with Crippen LogP contribution in [0, 0.1) is 0 Å². The smallest absolute Gasteiger partial charge is 0.300 e. The van der Waals surface area contributed by atoms with Gasteiger partial charge in [-0.05, 0) is 56.0 Å². The van der Waals surface area contributed by atoms with Gasteiger partial charge in [0.15, 0.2) is 0 Å². The van der Waals surface area contributed by atoms with Crippen molar-refractivity contribution in [2.24, 2.45) is 0 Å². The van der Waals surface area contributed by atoms with E-state index in [1.54, 1.807) is 42.1 Å². The van der Waals surface area contributed by atoms with Gasteiger partial charge in [0, 0.05) is 51.0 Å². The molecule has 4 heterocycles. The summed E-state index contributed by atoms with van der Waals surface area (Å²) in [6.07, 6.45) is 8.08. The van der Waals surface area contributed by atoms with Crippen molar-refractivity contribution < 1.29 is 27.6 Å². The fraction of sp³-hybridized carbons (Fsp3) is 0.600. The second kappa shape index (κ2) is 18.7. The molecule has 0 aliphatic carbocycles. The molecule has 0 bridgehead atoms. The lowest BCUT2D eigenvalue weighted by Gasteiger charge is -2.15. The highest BCUT2D eigenvalue weighted by molar-refractivity contribution is 14.1. The van der Waals surface area contributed by atoms with Crippen LogP contribution in [-0.4, -0.2) is 63.9 Å². The van der Waals surface area contributed by atoms with E-state index in [9.17, 15) is 17.6 Å². The van der Waals surface area contributed by atoms with Gasteiger partial charge in [0.05, 0.1) is 32.8 Å². The third-order valence-electron chi connectivity index (χ3n) is 5.05. The van der Waals surface area contributed by atoms with Gasteiger partial charge in [-0.1, -0.05) is 43.9 Å². The molecule has 2 N–H and O–H groups in total. The van der Waals surface area contributed by atoms with E-state index in [0.717, 1.165) is 24.2 Å². The van der Waals surface area contributed by atoms with Gasteiger partial charge in [-0.15, -0.1) is 0 Å². The minimum atomic E-state index is -2.51. The number of pyridine rings is 2. The highest BCUT2D eigenvalue weighted by atomic mass is 127. The summed E-state index contributed by atoms with van der Waals surface area (Å²) in [6.45, 7) is 5.85. The first kappa shape index (κ1) is 36.4. The maximum Gasteiger partial charge on any atom is 0.300 e. The molecule has 2 aliphatic heterocycles. The van der Waals surface area contributed by atoms with Crippen molar-refractivity contribution in [2.75, 3.05) is 33.3 Å². The van der Waals surface area contributed by atoms with Crippen LogP contribution in [0.2, 0.25) is 0 Å². The Morgan fingerprint density at radius 2 is 1.65 bits per heavy atom. The number of hydrogen-bond acceptors (Lipinski definition) is 4. The van der Waals surface area contributed by atoms with Crippen LogP contribution in [0.4, 0.5) is 17.6 Å². The van der Waals surface area contributed by atoms with Crippen LogP contribution < -0.4 is 10.1 Å². The molecule has 4 rings (SSSR count). The normalized spacial score (nSPS) is 18.0. The van der Waals surface area contributed by atoms with Gasteiger partial charge in [-0.3, -0.25) is 14.9 Å². The highest BCUT2D eigenvalue weighted by Gasteiger charge is 2.38. The van der Waals surface area contributed by atoms with E-state index < -0.39 is 11.8 Å². The van der Waals surface area contributed by atoms with E-state index in [0.29, 0.717) is 19.6 Å². The Balaban J connectivity index is 0.000000507. The Morgan fingerprint density at radius 3 is 2.00 bits per heavy atom. The molecule has 12 heteroatoms. The Hall–Kier alpha value is -0.570. The predicted molar refractivity (Wildman–Crippen MR) is 157 cm³/mol. The second-order valence-electron chi connectivity index (χ2n) is 8.45. The van der Waals surface area contributed by atoms with Crippen LogP contribution in [0.5, 0.6) is 5.75 Å². The van der Waals surface area contributed by atoms with Gasteiger partial charge in [0.1, 0.15) is 12.3 Å². The number of quaternary nitrogens is 1. The summed E-state index contributed by atoms with van der Waals surface area (Å²) in [4.78, 5) is 9.64. The lowest BCUT2D eigenvalue weighted by atomic mass is 10.3. The van der Waals surface area contributed by atoms with Crippen LogP contribution in [0.1, 0.15) is 46.1 Å². The van der Waals surface area contributed by atoms with Gasteiger partial charge in [-0.25, -0.2) is 17.6 Å². The van der Waals surface area contributed by atoms with E-state index in [2.05, 4.69) is 78.3 Å². The number of likely N-dealkylation sites (tertiary alicyclic amines) is 1. The van der Waals surface area contributed by atoms with Crippen LogP contribution in [0.25, 0.3) is 0 Å². The first-order valence-corrected chi connectivity index (χ1v) is 14.4. The Labute approximate surface area is 248 Å². The third kappa shape index (κ3) is 17.6. The van der Waals surface area contributed by atoms with E-state index in [1.807, 2.05) is 12.1 Å². The summed E-state index contributed by atoms with van der Waals surface area (Å²) >= 11 is 8.97. The molecule has 0 aromatic carbocycles. The highest BCUT2D eigenvalue weighted by Crippen LogP contribution is 2.28. The summed E-state index contributed by atoms with van der Waals surface area (Å²) in [5.74, 6) is -4.11. The molecule has 1 atom stereocenters. The molecule has 37 heavy (non-hydrogen) atoms. The molecule has 2 aromatic rings. The van der Waals surface area contributed by atoms with Crippen LogP contribution in [0.3, 0.4) is 0 Å². The minimum Gasteiger partial charge on any atom is -0.495 e. The quantitative estimate of drug-likeness (QED) is 0.207. The molecule has 2 fully saturated rings. The molecular formula is C25H38Br2F4IN4O+. The van der Waals surface area contributed by atoms with Gasteiger partial charge >= 0.3 is 5.92 Å². The molecule has 2 aromatic heterocycles. The molecule has 2 saturated heterocycles. The number of ether oxygens (including phenoxy) is 1. The van der Waals surface area contributed by atoms with Crippen LogP contribution in [-0.2, 0) is 6.54 Å². The predicted octanol–water partition coefficient (Wildman–Crippen LogP) is 6.98. The molecule has 212 valence electrons. The zero-order valence-corrected chi connectivity index (χ0v) is 26.0. The van der Waals surface area contributed by atoms with Crippen LogP contribution >= 0.6 is 54.5 Å². The number of aromatic nitrogens is 2. The number of alkyl halides is 5. The van der Waals surface area contributed by atoms with Crippen molar-refractivity contribution >= 4 is 54.5 Å². The minimum absolute atomic E-state index is 0. The molecule has 0 amide bonds. The van der Waals surface area contributed by atoms with Crippen molar-refractivity contribution in [2.45, 2.75) is 62.9 Å². The summed E-state index contributed by atoms with van der Waals surface area (Å²) in [7, 11) is 1.61. The maximum absolute atomic E-state index is 12.9. The lowest BCUT2D eigenvalue weighted by Crippen LogP contribution is -2.82. The van der Waals surface area contributed by atoms with E-state index in [1.165, 1.54) is 6.42 Å². The van der Waals surface area contributed by atoms with Crippen molar-refractivity contribution in [3.8, 4) is 5.75 Å². The number of rotatable bonds is 4. The topological polar surface area (TPSA) is 54.9 Å². The summed E-state index contributed by atoms with van der Waals surface area (Å²) in [5, 5.41) is 1.64. The first-order valence-electron chi connectivity index (χ1n) is 11.5. The molecule has 0 saturated carbocycles. The Kier molecular flexibility index (Phi) is 18.4. The van der Waals surface area contributed by atoms with Crippen LogP contribution in [0.15, 0.2) is 45.9 Å². The largest absolute Gasteiger partial charge is 0.495 e. The maximum atomic E-state index is 12.9. The zero-order valence-electron chi connectivity index (χ0n) is 20.7. The Bertz CT molecular complexity index is 889. The average Bonchev–Trinajstić information content (AvgIpc) is 3.38. The lowest BCUT2D eigenvalue weighted by molar-refractivity contribution is -0.642. The van der Waals surface area contributed by atoms with Crippen molar-refractivity contribution in [1.82, 2.24) is 14.9 Å². The second-order valence-corrected chi connectivity index (χ2v) is 12.4. The van der Waals surface area contributed by atoms with E-state index in [4.69, 9.17) is 4.74 Å². The van der Waals surface area contributed by atoms with E-state index >= 15 is 0 Å². The van der Waals surface area contributed by atoms with Gasteiger partial charge in [-0.2, -0.15) is 0 Å².